The van der Waals surface area contributed by atoms with E-state index in [1.54, 1.807) is 0 Å². The van der Waals surface area contributed by atoms with Crippen LogP contribution in [0.5, 0.6) is 0 Å². The molecule has 2 heterocycles. The predicted molar refractivity (Wildman–Crippen MR) is 76.0 cm³/mol. The molecule has 0 spiro atoms. The summed E-state index contributed by atoms with van der Waals surface area (Å²) in [6.07, 6.45) is 8.92. The van der Waals surface area contributed by atoms with Crippen LogP contribution >= 0.6 is 0 Å². The van der Waals surface area contributed by atoms with Crippen molar-refractivity contribution in [3.8, 4) is 0 Å². The molecule has 0 amide bonds. The van der Waals surface area contributed by atoms with Gasteiger partial charge in [-0.3, -0.25) is 4.98 Å². The summed E-state index contributed by atoms with van der Waals surface area (Å²) >= 11 is 0. The van der Waals surface area contributed by atoms with Gasteiger partial charge in [0.2, 0.25) is 0 Å². The summed E-state index contributed by atoms with van der Waals surface area (Å²) in [5.74, 6) is 0. The van der Waals surface area contributed by atoms with E-state index in [0.29, 0.717) is 6.61 Å². The molecule has 0 aliphatic carbocycles. The second-order valence-electron chi connectivity index (χ2n) is 5.31. The zero-order valence-corrected chi connectivity index (χ0v) is 12.2. The first-order valence-electron chi connectivity index (χ1n) is 7.47. The van der Waals surface area contributed by atoms with Gasteiger partial charge in [0.1, 0.15) is 0 Å². The number of hydrogen-bond acceptors (Lipinski definition) is 3. The number of pyridine rings is 1. The fourth-order valence-corrected chi connectivity index (χ4v) is 2.37. The third-order valence-corrected chi connectivity index (χ3v) is 3.63. The zero-order valence-electron chi connectivity index (χ0n) is 12.2. The fraction of sp³-hybridized carbons (Fsp3) is 0.688. The van der Waals surface area contributed by atoms with Gasteiger partial charge in [0, 0.05) is 12.8 Å². The third-order valence-electron chi connectivity index (χ3n) is 3.63. The molecule has 1 atom stereocenters. The molecule has 1 aromatic heterocycles. The highest BCUT2D eigenvalue weighted by Gasteiger charge is 2.14. The number of aromatic nitrogens is 1. The Hall–Kier alpha value is -0.930. The first-order valence-corrected chi connectivity index (χ1v) is 7.47. The van der Waals surface area contributed by atoms with Crippen molar-refractivity contribution >= 4 is 0 Å². The lowest BCUT2D eigenvalue weighted by Gasteiger charge is -2.22. The van der Waals surface area contributed by atoms with E-state index in [-0.39, 0.29) is 6.29 Å². The molecule has 0 saturated carbocycles. The van der Waals surface area contributed by atoms with Crippen molar-refractivity contribution in [3.05, 3.63) is 29.1 Å². The number of unbranched alkanes of at least 4 members (excludes halogenated alkanes) is 1. The Kier molecular flexibility index (Phi) is 5.80. The number of aryl methyl sites for hydroxylation is 2. The van der Waals surface area contributed by atoms with E-state index in [1.807, 2.05) is 6.20 Å². The number of ether oxygens (including phenoxy) is 2. The molecular weight excluding hydrogens is 238 g/mol. The van der Waals surface area contributed by atoms with Crippen LogP contribution in [-0.2, 0) is 22.5 Å². The minimum Gasteiger partial charge on any atom is -0.353 e. The molecule has 2 rings (SSSR count). The second-order valence-corrected chi connectivity index (χ2v) is 5.31. The zero-order chi connectivity index (χ0) is 13.5. The van der Waals surface area contributed by atoms with Crippen molar-refractivity contribution in [2.24, 2.45) is 0 Å². The van der Waals surface area contributed by atoms with Gasteiger partial charge < -0.3 is 9.47 Å². The molecule has 1 aliphatic rings. The van der Waals surface area contributed by atoms with Gasteiger partial charge in [-0.05, 0) is 56.2 Å². The molecule has 0 radical (unpaired) electrons. The van der Waals surface area contributed by atoms with Crippen LogP contribution < -0.4 is 0 Å². The lowest BCUT2D eigenvalue weighted by molar-refractivity contribution is -0.169. The Labute approximate surface area is 116 Å². The van der Waals surface area contributed by atoms with Crippen LogP contribution in [-0.4, -0.2) is 17.9 Å². The first kappa shape index (κ1) is 14.5. The Bertz CT molecular complexity index is 386. The van der Waals surface area contributed by atoms with Crippen LogP contribution in [0.25, 0.3) is 0 Å². The Balaban J connectivity index is 1.84. The fourth-order valence-electron chi connectivity index (χ4n) is 2.37. The molecule has 0 bridgehead atoms. The van der Waals surface area contributed by atoms with Crippen molar-refractivity contribution in [2.45, 2.75) is 65.3 Å². The molecule has 3 nitrogen and oxygen atoms in total. The summed E-state index contributed by atoms with van der Waals surface area (Å²) in [5, 5.41) is 0. The van der Waals surface area contributed by atoms with Crippen LogP contribution in [0.3, 0.4) is 0 Å². The van der Waals surface area contributed by atoms with E-state index in [0.717, 1.165) is 31.6 Å². The molecule has 106 valence electrons. The molecular formula is C16H25NO2. The minimum absolute atomic E-state index is 0.0318. The number of rotatable bonds is 6. The number of hydrogen-bond donors (Lipinski definition) is 0. The average molecular weight is 263 g/mol. The highest BCUT2D eigenvalue weighted by atomic mass is 16.7. The van der Waals surface area contributed by atoms with Crippen molar-refractivity contribution in [1.29, 1.82) is 0 Å². The summed E-state index contributed by atoms with van der Waals surface area (Å²) in [5.41, 5.74) is 3.69. The molecule has 1 aliphatic heterocycles. The summed E-state index contributed by atoms with van der Waals surface area (Å²) in [4.78, 5) is 4.50. The van der Waals surface area contributed by atoms with Crippen molar-refractivity contribution in [3.63, 3.8) is 0 Å². The van der Waals surface area contributed by atoms with Crippen molar-refractivity contribution in [1.82, 2.24) is 4.98 Å². The molecule has 0 aromatic carbocycles. The topological polar surface area (TPSA) is 31.4 Å². The summed E-state index contributed by atoms with van der Waals surface area (Å²) < 4.78 is 11.3. The SMILES string of the molecule is CCCCc1cnc(COC2CCCCO2)cc1C. The number of nitrogens with zero attached hydrogens (tertiary/aromatic N) is 1. The normalized spacial score (nSPS) is 19.6. The van der Waals surface area contributed by atoms with E-state index < -0.39 is 0 Å². The van der Waals surface area contributed by atoms with Gasteiger partial charge in [-0.1, -0.05) is 13.3 Å². The lowest BCUT2D eigenvalue weighted by Crippen LogP contribution is -2.22. The smallest absolute Gasteiger partial charge is 0.158 e. The van der Waals surface area contributed by atoms with E-state index in [4.69, 9.17) is 9.47 Å². The van der Waals surface area contributed by atoms with Crippen LogP contribution in [0.4, 0.5) is 0 Å². The second kappa shape index (κ2) is 7.61. The lowest BCUT2D eigenvalue weighted by atomic mass is 10.1. The van der Waals surface area contributed by atoms with Crippen LogP contribution in [0.2, 0.25) is 0 Å². The Morgan fingerprint density at radius 3 is 3.00 bits per heavy atom. The van der Waals surface area contributed by atoms with Gasteiger partial charge in [-0.2, -0.15) is 0 Å². The average Bonchev–Trinajstić information content (AvgIpc) is 2.45. The third kappa shape index (κ3) is 4.59. The molecule has 3 heteroatoms. The van der Waals surface area contributed by atoms with Gasteiger partial charge in [0.15, 0.2) is 6.29 Å². The van der Waals surface area contributed by atoms with Crippen LogP contribution in [0, 0.1) is 6.92 Å². The van der Waals surface area contributed by atoms with Gasteiger partial charge in [0.25, 0.3) is 0 Å². The summed E-state index contributed by atoms with van der Waals surface area (Å²) in [6.45, 7) is 5.76. The van der Waals surface area contributed by atoms with Gasteiger partial charge >= 0.3 is 0 Å². The maximum absolute atomic E-state index is 5.76. The molecule has 1 aromatic rings. The molecule has 1 fully saturated rings. The molecule has 1 saturated heterocycles. The highest BCUT2D eigenvalue weighted by molar-refractivity contribution is 5.25. The van der Waals surface area contributed by atoms with Crippen molar-refractivity contribution in [2.75, 3.05) is 6.61 Å². The first-order chi connectivity index (χ1) is 9.29. The highest BCUT2D eigenvalue weighted by Crippen LogP contribution is 2.16. The molecule has 0 N–H and O–H groups in total. The van der Waals surface area contributed by atoms with Crippen LogP contribution in [0.15, 0.2) is 12.3 Å². The summed E-state index contributed by atoms with van der Waals surface area (Å²) in [7, 11) is 0. The molecule has 1 unspecified atom stereocenters. The minimum atomic E-state index is -0.0318. The van der Waals surface area contributed by atoms with E-state index in [1.165, 1.54) is 30.4 Å². The Morgan fingerprint density at radius 1 is 1.42 bits per heavy atom. The van der Waals surface area contributed by atoms with Crippen molar-refractivity contribution < 1.29 is 9.47 Å². The van der Waals surface area contributed by atoms with Gasteiger partial charge in [-0.15, -0.1) is 0 Å². The predicted octanol–water partition coefficient (Wildman–Crippen LogP) is 3.78. The van der Waals surface area contributed by atoms with Gasteiger partial charge in [0.05, 0.1) is 12.3 Å². The van der Waals surface area contributed by atoms with Gasteiger partial charge in [-0.25, -0.2) is 0 Å². The molecule has 19 heavy (non-hydrogen) atoms. The maximum atomic E-state index is 5.76. The largest absolute Gasteiger partial charge is 0.353 e. The standard InChI is InChI=1S/C16H25NO2/c1-3-4-7-14-11-17-15(10-13(14)2)12-19-16-8-5-6-9-18-16/h10-11,16H,3-9,12H2,1-2H3. The van der Waals surface area contributed by atoms with E-state index in [2.05, 4.69) is 24.9 Å². The van der Waals surface area contributed by atoms with E-state index >= 15 is 0 Å². The van der Waals surface area contributed by atoms with E-state index in [9.17, 15) is 0 Å². The monoisotopic (exact) mass is 263 g/mol. The summed E-state index contributed by atoms with van der Waals surface area (Å²) in [6, 6.07) is 2.15. The quantitative estimate of drug-likeness (QED) is 0.782. The maximum Gasteiger partial charge on any atom is 0.158 e. The van der Waals surface area contributed by atoms with Crippen LogP contribution in [0.1, 0.15) is 55.8 Å². The Morgan fingerprint density at radius 2 is 2.32 bits per heavy atom.